The number of aromatic nitrogens is 2. The van der Waals surface area contributed by atoms with Gasteiger partial charge < -0.3 is 15.0 Å². The highest BCUT2D eigenvalue weighted by Crippen LogP contribution is 2.43. The summed E-state index contributed by atoms with van der Waals surface area (Å²) in [6.45, 7) is 0. The van der Waals surface area contributed by atoms with Crippen LogP contribution in [0.25, 0.3) is 11.0 Å². The van der Waals surface area contributed by atoms with Crippen LogP contribution in [0.15, 0.2) is 18.2 Å². The van der Waals surface area contributed by atoms with Gasteiger partial charge in [-0.05, 0) is 37.8 Å². The fraction of sp³-hybridized carbons (Fsp3) is 0.562. The van der Waals surface area contributed by atoms with Crippen LogP contribution >= 0.6 is 0 Å². The van der Waals surface area contributed by atoms with Gasteiger partial charge in [0.15, 0.2) is 0 Å². The van der Waals surface area contributed by atoms with E-state index in [1.54, 1.807) is 7.11 Å². The molecule has 4 rings (SSSR count). The van der Waals surface area contributed by atoms with Crippen LogP contribution in [0.5, 0.6) is 5.75 Å². The van der Waals surface area contributed by atoms with E-state index in [2.05, 4.69) is 10.6 Å². The van der Waals surface area contributed by atoms with Crippen molar-refractivity contribution in [2.75, 3.05) is 7.11 Å². The molecule has 2 aromatic rings. The van der Waals surface area contributed by atoms with Crippen molar-refractivity contribution in [1.82, 2.24) is 9.55 Å². The lowest BCUT2D eigenvalue weighted by molar-refractivity contribution is 0.415. The molecule has 0 aliphatic heterocycles. The summed E-state index contributed by atoms with van der Waals surface area (Å²) in [7, 11) is 1.70. The zero-order valence-corrected chi connectivity index (χ0v) is 11.9. The van der Waals surface area contributed by atoms with E-state index in [9.17, 15) is 0 Å². The highest BCUT2D eigenvalue weighted by Gasteiger charge is 2.35. The van der Waals surface area contributed by atoms with Gasteiger partial charge in [-0.25, -0.2) is 4.98 Å². The summed E-state index contributed by atoms with van der Waals surface area (Å²) >= 11 is 0. The van der Waals surface area contributed by atoms with Crippen molar-refractivity contribution < 1.29 is 4.74 Å². The van der Waals surface area contributed by atoms with Gasteiger partial charge in [0.2, 0.25) is 0 Å². The standard InChI is InChI=1S/C16H21N3O/c1-20-11-7-8-15-14(9-11)18-16(19(15)10-5-6-10)12-3-2-4-13(12)17/h7-10,12-13H,2-6,17H2,1H3. The van der Waals surface area contributed by atoms with E-state index in [1.807, 2.05) is 12.1 Å². The van der Waals surface area contributed by atoms with Crippen LogP contribution in [0, 0.1) is 0 Å². The van der Waals surface area contributed by atoms with Crippen LogP contribution in [-0.2, 0) is 0 Å². The second-order valence-corrected chi connectivity index (χ2v) is 6.13. The Bertz CT molecular complexity index is 644. The Morgan fingerprint density at radius 2 is 2.10 bits per heavy atom. The van der Waals surface area contributed by atoms with Gasteiger partial charge in [0, 0.05) is 24.1 Å². The van der Waals surface area contributed by atoms with Gasteiger partial charge in [-0.3, -0.25) is 0 Å². The zero-order chi connectivity index (χ0) is 13.7. The van der Waals surface area contributed by atoms with E-state index >= 15 is 0 Å². The minimum Gasteiger partial charge on any atom is -0.497 e. The molecule has 0 amide bonds. The maximum absolute atomic E-state index is 6.30. The van der Waals surface area contributed by atoms with E-state index in [-0.39, 0.29) is 6.04 Å². The monoisotopic (exact) mass is 271 g/mol. The van der Waals surface area contributed by atoms with Crippen molar-refractivity contribution in [2.24, 2.45) is 5.73 Å². The average Bonchev–Trinajstić information content (AvgIpc) is 3.10. The van der Waals surface area contributed by atoms with Gasteiger partial charge in [-0.2, -0.15) is 0 Å². The Hall–Kier alpha value is -1.55. The molecule has 2 aliphatic carbocycles. The quantitative estimate of drug-likeness (QED) is 0.933. The minimum atomic E-state index is 0.270. The number of ether oxygens (including phenoxy) is 1. The second kappa shape index (κ2) is 4.48. The van der Waals surface area contributed by atoms with Crippen molar-refractivity contribution in [3.05, 3.63) is 24.0 Å². The Labute approximate surface area is 118 Å². The van der Waals surface area contributed by atoms with E-state index in [1.165, 1.54) is 37.0 Å². The van der Waals surface area contributed by atoms with Gasteiger partial charge in [0.25, 0.3) is 0 Å². The Kier molecular flexibility index (Phi) is 2.74. The third-order valence-corrected chi connectivity index (χ3v) is 4.74. The van der Waals surface area contributed by atoms with E-state index < -0.39 is 0 Å². The molecule has 1 heterocycles. The van der Waals surface area contributed by atoms with E-state index in [0.717, 1.165) is 17.7 Å². The van der Waals surface area contributed by atoms with Crippen LogP contribution in [0.4, 0.5) is 0 Å². The Morgan fingerprint density at radius 1 is 1.25 bits per heavy atom. The lowest BCUT2D eigenvalue weighted by Gasteiger charge is -2.17. The summed E-state index contributed by atoms with van der Waals surface area (Å²) in [6, 6.07) is 7.12. The number of benzene rings is 1. The number of fused-ring (bicyclic) bond motifs is 1. The van der Waals surface area contributed by atoms with Crippen LogP contribution in [0.1, 0.15) is 49.9 Å². The lowest BCUT2D eigenvalue weighted by atomic mass is 10.0. The fourth-order valence-corrected chi connectivity index (χ4v) is 3.51. The summed E-state index contributed by atoms with van der Waals surface area (Å²) < 4.78 is 7.77. The third kappa shape index (κ3) is 1.82. The molecule has 1 aromatic heterocycles. The van der Waals surface area contributed by atoms with E-state index in [4.69, 9.17) is 15.5 Å². The predicted octanol–water partition coefficient (Wildman–Crippen LogP) is 2.97. The molecular formula is C16H21N3O. The lowest BCUT2D eigenvalue weighted by Crippen LogP contribution is -2.25. The van der Waals surface area contributed by atoms with Crippen molar-refractivity contribution in [3.63, 3.8) is 0 Å². The maximum atomic E-state index is 6.30. The highest BCUT2D eigenvalue weighted by atomic mass is 16.5. The number of imidazole rings is 1. The first-order chi connectivity index (χ1) is 9.78. The molecule has 20 heavy (non-hydrogen) atoms. The summed E-state index contributed by atoms with van der Waals surface area (Å²) in [5.74, 6) is 2.51. The molecular weight excluding hydrogens is 250 g/mol. The molecule has 4 nitrogen and oxygen atoms in total. The van der Waals surface area contributed by atoms with Crippen LogP contribution in [0.2, 0.25) is 0 Å². The molecule has 0 spiro atoms. The molecule has 2 N–H and O–H groups in total. The van der Waals surface area contributed by atoms with Gasteiger partial charge >= 0.3 is 0 Å². The average molecular weight is 271 g/mol. The molecule has 106 valence electrons. The van der Waals surface area contributed by atoms with Crippen LogP contribution in [0.3, 0.4) is 0 Å². The number of methoxy groups -OCH3 is 1. The van der Waals surface area contributed by atoms with Crippen molar-refractivity contribution in [1.29, 1.82) is 0 Å². The Balaban J connectivity index is 1.88. The number of nitrogens with two attached hydrogens (primary N) is 1. The summed E-state index contributed by atoms with van der Waals surface area (Å²) in [5, 5.41) is 0. The molecule has 0 radical (unpaired) electrons. The highest BCUT2D eigenvalue weighted by molar-refractivity contribution is 5.78. The smallest absolute Gasteiger partial charge is 0.121 e. The molecule has 2 saturated carbocycles. The molecule has 2 unspecified atom stereocenters. The van der Waals surface area contributed by atoms with Gasteiger partial charge in [-0.15, -0.1) is 0 Å². The molecule has 2 aliphatic rings. The van der Waals surface area contributed by atoms with Crippen LogP contribution < -0.4 is 10.5 Å². The number of hydrogen-bond acceptors (Lipinski definition) is 3. The predicted molar refractivity (Wildman–Crippen MR) is 79.1 cm³/mol. The molecule has 4 heteroatoms. The Morgan fingerprint density at radius 3 is 2.75 bits per heavy atom. The second-order valence-electron chi connectivity index (χ2n) is 6.13. The van der Waals surface area contributed by atoms with Crippen molar-refractivity contribution >= 4 is 11.0 Å². The van der Waals surface area contributed by atoms with Crippen LogP contribution in [-0.4, -0.2) is 22.7 Å². The first-order valence-electron chi connectivity index (χ1n) is 7.59. The third-order valence-electron chi connectivity index (χ3n) is 4.74. The molecule has 1 aromatic carbocycles. The number of rotatable bonds is 3. The first-order valence-corrected chi connectivity index (χ1v) is 7.59. The summed E-state index contributed by atoms with van der Waals surface area (Å²) in [4.78, 5) is 4.92. The van der Waals surface area contributed by atoms with Gasteiger partial charge in [0.05, 0.1) is 18.1 Å². The topological polar surface area (TPSA) is 53.1 Å². The van der Waals surface area contributed by atoms with Crippen molar-refractivity contribution in [2.45, 2.75) is 50.1 Å². The van der Waals surface area contributed by atoms with Gasteiger partial charge in [0.1, 0.15) is 11.6 Å². The molecule has 2 fully saturated rings. The normalized spacial score (nSPS) is 26.3. The minimum absolute atomic E-state index is 0.270. The summed E-state index contributed by atoms with van der Waals surface area (Å²) in [5.41, 5.74) is 8.59. The molecule has 2 atom stereocenters. The number of hydrogen-bond donors (Lipinski definition) is 1. The molecule has 0 bridgehead atoms. The number of nitrogens with zero attached hydrogens (tertiary/aromatic N) is 2. The summed E-state index contributed by atoms with van der Waals surface area (Å²) in [6.07, 6.45) is 6.07. The first kappa shape index (κ1) is 12.2. The fourth-order valence-electron chi connectivity index (χ4n) is 3.51. The zero-order valence-electron chi connectivity index (χ0n) is 11.9. The van der Waals surface area contributed by atoms with E-state index in [0.29, 0.717) is 12.0 Å². The largest absolute Gasteiger partial charge is 0.497 e. The SMILES string of the molecule is COc1ccc2c(c1)nc(C1CCCC1N)n2C1CC1. The van der Waals surface area contributed by atoms with Gasteiger partial charge in [-0.1, -0.05) is 6.42 Å². The maximum Gasteiger partial charge on any atom is 0.121 e. The molecule has 0 saturated heterocycles. The van der Waals surface area contributed by atoms with Crippen molar-refractivity contribution in [3.8, 4) is 5.75 Å².